The Morgan fingerprint density at radius 3 is 2.32 bits per heavy atom. The molecule has 4 rings (SSSR count). The van der Waals surface area contributed by atoms with Gasteiger partial charge in [-0.2, -0.15) is 0 Å². The van der Waals surface area contributed by atoms with Gasteiger partial charge in [0, 0.05) is 13.1 Å². The monoisotopic (exact) mass is 448 g/mol. The lowest BCUT2D eigenvalue weighted by Crippen LogP contribution is -2.36. The number of carbonyl (C=O) groups is 1. The number of rotatable bonds is 6. The Bertz CT molecular complexity index is 894. The van der Waals surface area contributed by atoms with E-state index in [0.717, 1.165) is 37.7 Å². The molecule has 2 saturated carbocycles. The molecule has 168 valence electrons. The van der Waals surface area contributed by atoms with Gasteiger partial charge in [0.15, 0.2) is 0 Å². The van der Waals surface area contributed by atoms with E-state index in [4.69, 9.17) is 10.5 Å². The normalized spacial score (nSPS) is 24.4. The lowest BCUT2D eigenvalue weighted by molar-refractivity contribution is 0.0717. The maximum absolute atomic E-state index is 14.5. The number of ether oxygens (including phenoxy) is 1. The first-order valence-electron chi connectivity index (χ1n) is 10.7. The van der Waals surface area contributed by atoms with Crippen LogP contribution in [0.5, 0.6) is 11.5 Å². The summed E-state index contributed by atoms with van der Waals surface area (Å²) in [6.07, 6.45) is 3.95. The molecule has 3 N–H and O–H groups in total. The van der Waals surface area contributed by atoms with Crippen molar-refractivity contribution in [2.45, 2.75) is 44.2 Å². The van der Waals surface area contributed by atoms with Gasteiger partial charge in [-0.1, -0.05) is 12.1 Å². The van der Waals surface area contributed by atoms with Crippen LogP contribution in [-0.2, 0) is 6.42 Å². The van der Waals surface area contributed by atoms with Crippen molar-refractivity contribution >= 4 is 18.3 Å². The van der Waals surface area contributed by atoms with Crippen LogP contribution < -0.4 is 10.5 Å². The summed E-state index contributed by atoms with van der Waals surface area (Å²) in [6, 6.07) is 11.9. The van der Waals surface area contributed by atoms with Gasteiger partial charge < -0.3 is 20.5 Å². The Kier molecular flexibility index (Phi) is 7.57. The van der Waals surface area contributed by atoms with Gasteiger partial charge in [-0.3, -0.25) is 4.79 Å². The third-order valence-electron chi connectivity index (χ3n) is 6.59. The Hall–Kier alpha value is -2.15. The third-order valence-corrected chi connectivity index (χ3v) is 6.59. The molecule has 2 aromatic rings. The SMILES string of the molecule is CN(C(=O)c1cc(Oc2ccc(CCN)cc2)ccc1F)C1C[C@H]2CC(O)C[C@H]2C1.Cl. The highest BCUT2D eigenvalue weighted by Gasteiger charge is 2.43. The molecule has 2 unspecified atom stereocenters. The Balaban J connectivity index is 0.00000272. The standard InChI is InChI=1S/C24H29FN2O3.ClH/c1-27(18-10-16-12-19(28)13-17(16)11-18)24(29)22-14-21(6-7-23(22)25)30-20-4-2-15(3-5-20)8-9-26;/h2-7,14,16-19,28H,8-13,26H2,1H3;1H/t16-,17+,18?,19?;. The van der Waals surface area contributed by atoms with Gasteiger partial charge in [0.1, 0.15) is 17.3 Å². The first-order chi connectivity index (χ1) is 14.4. The minimum atomic E-state index is -0.550. The molecule has 0 aliphatic heterocycles. The van der Waals surface area contributed by atoms with Gasteiger partial charge in [0.2, 0.25) is 0 Å². The van der Waals surface area contributed by atoms with Gasteiger partial charge in [0.05, 0.1) is 11.7 Å². The van der Waals surface area contributed by atoms with E-state index in [-0.39, 0.29) is 36.0 Å². The van der Waals surface area contributed by atoms with E-state index in [9.17, 15) is 14.3 Å². The van der Waals surface area contributed by atoms with E-state index in [1.54, 1.807) is 11.9 Å². The van der Waals surface area contributed by atoms with Crippen LogP contribution in [0.4, 0.5) is 4.39 Å². The highest BCUT2D eigenvalue weighted by molar-refractivity contribution is 5.95. The molecule has 1 amide bonds. The molecule has 31 heavy (non-hydrogen) atoms. The molecule has 2 aromatic carbocycles. The molecule has 2 aliphatic rings. The average Bonchev–Trinajstić information content (AvgIpc) is 3.27. The van der Waals surface area contributed by atoms with Crippen molar-refractivity contribution in [3.8, 4) is 11.5 Å². The molecular weight excluding hydrogens is 419 g/mol. The number of nitrogens with two attached hydrogens (primary N) is 1. The van der Waals surface area contributed by atoms with Gasteiger partial charge in [-0.15, -0.1) is 12.4 Å². The third kappa shape index (κ3) is 5.20. The summed E-state index contributed by atoms with van der Waals surface area (Å²) >= 11 is 0. The largest absolute Gasteiger partial charge is 0.457 e. The quantitative estimate of drug-likeness (QED) is 0.695. The minimum absolute atomic E-state index is 0. The van der Waals surface area contributed by atoms with E-state index < -0.39 is 5.82 Å². The smallest absolute Gasteiger partial charge is 0.256 e. The zero-order chi connectivity index (χ0) is 21.3. The van der Waals surface area contributed by atoms with E-state index >= 15 is 0 Å². The summed E-state index contributed by atoms with van der Waals surface area (Å²) in [7, 11) is 1.74. The molecule has 0 heterocycles. The average molecular weight is 449 g/mol. The molecular formula is C24H30ClFN2O3. The van der Waals surface area contributed by atoms with Gasteiger partial charge >= 0.3 is 0 Å². The number of fused-ring (bicyclic) bond motifs is 1. The number of aliphatic hydroxyl groups excluding tert-OH is 1. The zero-order valence-electron chi connectivity index (χ0n) is 17.7. The number of amides is 1. The zero-order valence-corrected chi connectivity index (χ0v) is 18.5. The number of hydrogen-bond donors (Lipinski definition) is 2. The van der Waals surface area contributed by atoms with Crippen LogP contribution in [0.1, 0.15) is 41.6 Å². The van der Waals surface area contributed by atoms with E-state index in [1.807, 2.05) is 24.3 Å². The number of hydrogen-bond acceptors (Lipinski definition) is 4. The Labute approximate surface area is 188 Å². The molecule has 0 aromatic heterocycles. The van der Waals surface area contributed by atoms with Crippen LogP contribution in [0.25, 0.3) is 0 Å². The van der Waals surface area contributed by atoms with Crippen molar-refractivity contribution in [1.29, 1.82) is 0 Å². The molecule has 2 aliphatic carbocycles. The van der Waals surface area contributed by atoms with Crippen molar-refractivity contribution in [2.24, 2.45) is 17.6 Å². The fourth-order valence-corrected chi connectivity index (χ4v) is 4.98. The minimum Gasteiger partial charge on any atom is -0.457 e. The molecule has 0 bridgehead atoms. The second-order valence-corrected chi connectivity index (χ2v) is 8.61. The van der Waals surface area contributed by atoms with Crippen LogP contribution in [0.3, 0.4) is 0 Å². The van der Waals surface area contributed by atoms with Crippen LogP contribution in [0, 0.1) is 17.7 Å². The first-order valence-corrected chi connectivity index (χ1v) is 10.7. The van der Waals surface area contributed by atoms with E-state index in [0.29, 0.717) is 29.9 Å². The molecule has 0 spiro atoms. The molecule has 0 saturated heterocycles. The van der Waals surface area contributed by atoms with Crippen molar-refractivity contribution in [3.05, 3.63) is 59.4 Å². The molecule has 7 heteroatoms. The topological polar surface area (TPSA) is 75.8 Å². The summed E-state index contributed by atoms with van der Waals surface area (Å²) in [5.74, 6) is 1.08. The molecule has 4 atom stereocenters. The van der Waals surface area contributed by atoms with Crippen LogP contribution >= 0.6 is 12.4 Å². The number of nitrogens with zero attached hydrogens (tertiary/aromatic N) is 1. The summed E-state index contributed by atoms with van der Waals surface area (Å²) in [5.41, 5.74) is 6.71. The van der Waals surface area contributed by atoms with Crippen molar-refractivity contribution < 1.29 is 19.0 Å². The number of aliphatic hydroxyl groups is 1. The molecule has 5 nitrogen and oxygen atoms in total. The van der Waals surface area contributed by atoms with Crippen LogP contribution in [0.2, 0.25) is 0 Å². The van der Waals surface area contributed by atoms with Gasteiger partial charge in [-0.25, -0.2) is 4.39 Å². The Morgan fingerprint density at radius 1 is 1.10 bits per heavy atom. The van der Waals surface area contributed by atoms with E-state index in [1.165, 1.54) is 18.2 Å². The van der Waals surface area contributed by atoms with Crippen LogP contribution in [0.15, 0.2) is 42.5 Å². The number of carbonyl (C=O) groups excluding carboxylic acids is 1. The fourth-order valence-electron chi connectivity index (χ4n) is 4.98. The van der Waals surface area contributed by atoms with Gasteiger partial charge in [-0.05, 0) is 86.4 Å². The lowest BCUT2D eigenvalue weighted by atomic mass is 10.0. The van der Waals surface area contributed by atoms with Gasteiger partial charge in [0.25, 0.3) is 5.91 Å². The lowest BCUT2D eigenvalue weighted by Gasteiger charge is -2.26. The van der Waals surface area contributed by atoms with Crippen molar-refractivity contribution in [3.63, 3.8) is 0 Å². The van der Waals surface area contributed by atoms with E-state index in [2.05, 4.69) is 0 Å². The molecule has 0 radical (unpaired) electrons. The predicted molar refractivity (Wildman–Crippen MR) is 120 cm³/mol. The maximum Gasteiger partial charge on any atom is 0.256 e. The van der Waals surface area contributed by atoms with Crippen molar-refractivity contribution in [1.82, 2.24) is 4.90 Å². The van der Waals surface area contributed by atoms with Crippen LogP contribution in [-0.4, -0.2) is 41.7 Å². The summed E-state index contributed by atoms with van der Waals surface area (Å²) in [5, 5.41) is 9.83. The Morgan fingerprint density at radius 2 is 1.71 bits per heavy atom. The summed E-state index contributed by atoms with van der Waals surface area (Å²) in [4.78, 5) is 14.7. The summed E-state index contributed by atoms with van der Waals surface area (Å²) in [6.45, 7) is 0.584. The second-order valence-electron chi connectivity index (χ2n) is 8.61. The number of halogens is 2. The predicted octanol–water partition coefficient (Wildman–Crippen LogP) is 4.16. The highest BCUT2D eigenvalue weighted by Crippen LogP contribution is 2.45. The summed E-state index contributed by atoms with van der Waals surface area (Å²) < 4.78 is 20.3. The second kappa shape index (κ2) is 9.98. The highest BCUT2D eigenvalue weighted by atomic mass is 35.5. The molecule has 2 fully saturated rings. The first kappa shape index (κ1) is 23.5. The maximum atomic E-state index is 14.5. The van der Waals surface area contributed by atoms with Crippen molar-refractivity contribution in [2.75, 3.05) is 13.6 Å². The number of benzene rings is 2. The fraction of sp³-hybridized carbons (Fsp3) is 0.458.